The first-order chi connectivity index (χ1) is 18.2. The third kappa shape index (κ3) is 26.1. The van der Waals surface area contributed by atoms with Crippen molar-refractivity contribution in [2.45, 2.75) is 155 Å². The van der Waals surface area contributed by atoms with E-state index in [0.717, 1.165) is 100 Å². The van der Waals surface area contributed by atoms with Crippen molar-refractivity contribution in [1.29, 1.82) is 0 Å². The maximum absolute atomic E-state index is 12.7. The van der Waals surface area contributed by atoms with Crippen molar-refractivity contribution in [3.63, 3.8) is 0 Å². The number of hydrogen-bond donors (Lipinski definition) is 2. The van der Waals surface area contributed by atoms with E-state index in [1.807, 2.05) is 49.2 Å². The Bertz CT molecular complexity index is 498. The second kappa shape index (κ2) is 25.8. The standard InChI is InChI=1S/C31H63NO4S2/c1-6-8-10-14-20-28(33)26-37-24-18-12-16-22-32(30(35)36-31(3,4)5)23-17-13-19-25-38-27-29(34)21-15-11-9-7-2/h28-29,33-34H,6-27H2,1-5H3. The fourth-order valence-corrected chi connectivity index (χ4v) is 6.23. The zero-order valence-electron chi connectivity index (χ0n) is 25.7. The predicted molar refractivity (Wildman–Crippen MR) is 170 cm³/mol. The summed E-state index contributed by atoms with van der Waals surface area (Å²) in [5.41, 5.74) is -0.475. The summed E-state index contributed by atoms with van der Waals surface area (Å²) in [7, 11) is 0. The normalized spacial score (nSPS) is 13.4. The van der Waals surface area contributed by atoms with Crippen LogP contribution in [0.1, 0.15) is 137 Å². The molecule has 2 atom stereocenters. The van der Waals surface area contributed by atoms with E-state index in [1.165, 1.54) is 38.5 Å². The predicted octanol–water partition coefficient (Wildman–Crippen LogP) is 8.69. The lowest BCUT2D eigenvalue weighted by Crippen LogP contribution is -2.38. The molecule has 0 saturated heterocycles. The average Bonchev–Trinajstić information content (AvgIpc) is 2.85. The molecule has 0 heterocycles. The second-order valence-corrected chi connectivity index (χ2v) is 14.0. The Morgan fingerprint density at radius 3 is 1.50 bits per heavy atom. The van der Waals surface area contributed by atoms with E-state index in [-0.39, 0.29) is 18.3 Å². The van der Waals surface area contributed by atoms with Gasteiger partial charge in [-0.15, -0.1) is 0 Å². The number of aliphatic hydroxyl groups excluding tert-OH is 2. The molecule has 0 rings (SSSR count). The molecule has 0 aliphatic carbocycles. The molecule has 38 heavy (non-hydrogen) atoms. The molecule has 2 unspecified atom stereocenters. The molecule has 0 fully saturated rings. The van der Waals surface area contributed by atoms with Crippen molar-refractivity contribution in [2.24, 2.45) is 0 Å². The number of carbonyl (C=O) groups is 1. The number of aliphatic hydroxyl groups is 2. The van der Waals surface area contributed by atoms with Gasteiger partial charge >= 0.3 is 6.09 Å². The summed E-state index contributed by atoms with van der Waals surface area (Å²) in [5, 5.41) is 20.2. The quantitative estimate of drug-likeness (QED) is 0.100. The maximum atomic E-state index is 12.7. The minimum atomic E-state index is -0.475. The molecule has 0 aliphatic rings. The smallest absolute Gasteiger partial charge is 0.410 e. The van der Waals surface area contributed by atoms with Gasteiger partial charge in [-0.1, -0.05) is 78.1 Å². The number of ether oxygens (including phenoxy) is 1. The van der Waals surface area contributed by atoms with Crippen molar-refractivity contribution in [1.82, 2.24) is 4.90 Å². The van der Waals surface area contributed by atoms with Crippen molar-refractivity contribution in [2.75, 3.05) is 36.1 Å². The summed E-state index contributed by atoms with van der Waals surface area (Å²) in [6.07, 6.45) is 17.5. The van der Waals surface area contributed by atoms with Crippen LogP contribution in [0.2, 0.25) is 0 Å². The summed E-state index contributed by atoms with van der Waals surface area (Å²) < 4.78 is 5.66. The number of thioether (sulfide) groups is 2. The minimum Gasteiger partial charge on any atom is -0.444 e. The first kappa shape index (κ1) is 37.9. The average molecular weight is 578 g/mol. The lowest BCUT2D eigenvalue weighted by Gasteiger charge is -2.27. The van der Waals surface area contributed by atoms with Gasteiger partial charge in [0.15, 0.2) is 0 Å². The second-order valence-electron chi connectivity index (χ2n) is 11.7. The summed E-state index contributed by atoms with van der Waals surface area (Å²) >= 11 is 3.71. The van der Waals surface area contributed by atoms with Crippen molar-refractivity contribution in [3.8, 4) is 0 Å². The Hall–Kier alpha value is -0.110. The molecule has 7 heteroatoms. The number of unbranched alkanes of at least 4 members (excludes halogenated alkanes) is 10. The molecule has 0 aromatic carbocycles. The molecule has 1 amide bonds. The largest absolute Gasteiger partial charge is 0.444 e. The van der Waals surface area contributed by atoms with E-state index < -0.39 is 5.60 Å². The highest BCUT2D eigenvalue weighted by Gasteiger charge is 2.21. The highest BCUT2D eigenvalue weighted by atomic mass is 32.2. The van der Waals surface area contributed by atoms with Crippen LogP contribution in [0.25, 0.3) is 0 Å². The molecular formula is C31H63NO4S2. The molecule has 0 aromatic rings. The van der Waals surface area contributed by atoms with Crippen LogP contribution in [-0.2, 0) is 4.74 Å². The van der Waals surface area contributed by atoms with Crippen LogP contribution in [0, 0.1) is 0 Å². The van der Waals surface area contributed by atoms with Gasteiger partial charge < -0.3 is 19.8 Å². The topological polar surface area (TPSA) is 70.0 Å². The van der Waals surface area contributed by atoms with E-state index in [0.29, 0.717) is 0 Å². The first-order valence-electron chi connectivity index (χ1n) is 15.7. The molecule has 0 aromatic heterocycles. The van der Waals surface area contributed by atoms with Gasteiger partial charge in [-0.05, 0) is 70.8 Å². The third-order valence-corrected chi connectivity index (χ3v) is 8.88. The molecule has 0 aliphatic heterocycles. The molecule has 5 nitrogen and oxygen atoms in total. The first-order valence-corrected chi connectivity index (χ1v) is 18.0. The molecular weight excluding hydrogens is 514 g/mol. The number of carbonyl (C=O) groups excluding carboxylic acids is 1. The fraction of sp³-hybridized carbons (Fsp3) is 0.968. The van der Waals surface area contributed by atoms with Crippen molar-refractivity contribution < 1.29 is 19.7 Å². The van der Waals surface area contributed by atoms with Gasteiger partial charge in [0.1, 0.15) is 5.60 Å². The summed E-state index contributed by atoms with van der Waals surface area (Å²) in [4.78, 5) is 14.6. The SMILES string of the molecule is CCCCCCC(O)CSCCCCCN(CCCCCSCC(O)CCCCCC)C(=O)OC(C)(C)C. The van der Waals surface area contributed by atoms with E-state index in [4.69, 9.17) is 4.74 Å². The van der Waals surface area contributed by atoms with Crippen LogP contribution in [-0.4, -0.2) is 75.1 Å². The summed E-state index contributed by atoms with van der Waals surface area (Å²) in [5.74, 6) is 3.83. The Balaban J connectivity index is 4.05. The van der Waals surface area contributed by atoms with Gasteiger partial charge in [0.25, 0.3) is 0 Å². The molecule has 0 bridgehead atoms. The molecule has 0 saturated carbocycles. The van der Waals surface area contributed by atoms with Gasteiger partial charge in [-0.25, -0.2) is 4.79 Å². The van der Waals surface area contributed by atoms with E-state index in [1.54, 1.807) is 0 Å². The molecule has 0 radical (unpaired) electrons. The third-order valence-electron chi connectivity index (χ3n) is 6.49. The summed E-state index contributed by atoms with van der Waals surface area (Å²) in [6, 6.07) is 0. The van der Waals surface area contributed by atoms with Gasteiger partial charge in [-0.3, -0.25) is 0 Å². The Labute approximate surface area is 245 Å². The zero-order valence-corrected chi connectivity index (χ0v) is 27.3. The van der Waals surface area contributed by atoms with Crippen LogP contribution in [0.15, 0.2) is 0 Å². The van der Waals surface area contributed by atoms with Gasteiger partial charge in [0.05, 0.1) is 12.2 Å². The van der Waals surface area contributed by atoms with Gasteiger partial charge in [0.2, 0.25) is 0 Å². The Morgan fingerprint density at radius 1 is 0.684 bits per heavy atom. The van der Waals surface area contributed by atoms with E-state index in [2.05, 4.69) is 13.8 Å². The van der Waals surface area contributed by atoms with E-state index in [9.17, 15) is 15.0 Å². The molecule has 0 spiro atoms. The molecule has 2 N–H and O–H groups in total. The van der Waals surface area contributed by atoms with Crippen LogP contribution < -0.4 is 0 Å². The monoisotopic (exact) mass is 577 g/mol. The van der Waals surface area contributed by atoms with Crippen molar-refractivity contribution in [3.05, 3.63) is 0 Å². The number of rotatable bonds is 26. The van der Waals surface area contributed by atoms with Gasteiger partial charge in [-0.2, -0.15) is 23.5 Å². The van der Waals surface area contributed by atoms with E-state index >= 15 is 0 Å². The lowest BCUT2D eigenvalue weighted by atomic mass is 10.1. The lowest BCUT2D eigenvalue weighted by molar-refractivity contribution is 0.0243. The number of amides is 1. The van der Waals surface area contributed by atoms with Crippen LogP contribution in [0.3, 0.4) is 0 Å². The van der Waals surface area contributed by atoms with Crippen LogP contribution >= 0.6 is 23.5 Å². The van der Waals surface area contributed by atoms with Gasteiger partial charge in [0, 0.05) is 24.6 Å². The Kier molecular flexibility index (Phi) is 25.8. The maximum Gasteiger partial charge on any atom is 0.410 e. The van der Waals surface area contributed by atoms with Crippen LogP contribution in [0.5, 0.6) is 0 Å². The minimum absolute atomic E-state index is 0.168. The fourth-order valence-electron chi connectivity index (χ4n) is 4.21. The van der Waals surface area contributed by atoms with Crippen molar-refractivity contribution >= 4 is 29.6 Å². The highest BCUT2D eigenvalue weighted by molar-refractivity contribution is 7.99. The number of nitrogens with zero attached hydrogens (tertiary/aromatic N) is 1. The summed E-state index contributed by atoms with van der Waals surface area (Å²) in [6.45, 7) is 11.7. The van der Waals surface area contributed by atoms with Crippen LogP contribution in [0.4, 0.5) is 4.79 Å². The number of hydrogen-bond acceptors (Lipinski definition) is 6. The highest BCUT2D eigenvalue weighted by Crippen LogP contribution is 2.16. The Morgan fingerprint density at radius 2 is 1.11 bits per heavy atom. The zero-order chi connectivity index (χ0) is 28.5. The molecule has 228 valence electrons.